The molecule has 0 aliphatic carbocycles. The quantitative estimate of drug-likeness (QED) is 0.270. The molecule has 0 fully saturated rings. The monoisotopic (exact) mass is 384 g/mol. The molecule has 0 bridgehead atoms. The van der Waals surface area contributed by atoms with Gasteiger partial charge < -0.3 is 59.2 Å². The van der Waals surface area contributed by atoms with E-state index in [9.17, 15) is 0 Å². The van der Waals surface area contributed by atoms with Crippen LogP contribution in [0.4, 0.5) is 0 Å². The number of thiocarbonyl (C=S) groups is 2. The van der Waals surface area contributed by atoms with Crippen molar-refractivity contribution < 1.29 is 26.0 Å². The Labute approximate surface area is 149 Å². The zero-order chi connectivity index (χ0) is 14.2. The number of rotatable bonds is 8. The summed E-state index contributed by atoms with van der Waals surface area (Å²) in [5.74, 6) is 0. The minimum Gasteiger partial charge on any atom is -0.514 e. The average Bonchev–Trinajstić information content (AvgIpc) is 2.31. The van der Waals surface area contributed by atoms with Crippen molar-refractivity contribution >= 4 is 58.5 Å². The fourth-order valence-corrected chi connectivity index (χ4v) is 1.35. The summed E-state index contributed by atoms with van der Waals surface area (Å²) in [6, 6.07) is 0. The van der Waals surface area contributed by atoms with E-state index in [0.717, 1.165) is 12.8 Å². The topological polar surface area (TPSA) is 18.5 Å². The third-order valence-electron chi connectivity index (χ3n) is 1.94. The first-order valence-electron chi connectivity index (χ1n) is 6.22. The Balaban J connectivity index is -0.000000256. The van der Waals surface area contributed by atoms with Gasteiger partial charge >= 0.3 is 16.5 Å². The maximum absolute atomic E-state index is 4.89. The standard InChI is InChI=1S/2C6H12OS2.Ni/c2*1-2-3-4-5-7-6(8)9;/h2*2-5H2,1H3,(H,8,9);/q;;+2/p-2. The van der Waals surface area contributed by atoms with Crippen LogP contribution in [0.1, 0.15) is 52.4 Å². The van der Waals surface area contributed by atoms with Crippen molar-refractivity contribution in [3.63, 3.8) is 0 Å². The van der Waals surface area contributed by atoms with Crippen LogP contribution in [-0.2, 0) is 51.2 Å². The second-order valence-corrected chi connectivity index (χ2v) is 5.61. The number of hydrogen-bond acceptors (Lipinski definition) is 6. The minimum absolute atomic E-state index is 0. The van der Waals surface area contributed by atoms with Gasteiger partial charge in [-0.1, -0.05) is 39.5 Å². The molecule has 0 aromatic heterocycles. The SMILES string of the molecule is CCCCCOC(=S)[S-].CCCCCOC(=S)[S-].[Ni+2]. The molecule has 0 aromatic rings. The predicted octanol–water partition coefficient (Wildman–Crippen LogP) is 4.05. The molecule has 0 atom stereocenters. The summed E-state index contributed by atoms with van der Waals surface area (Å²) < 4.78 is 10.3. The first-order chi connectivity index (χ1) is 8.54. The summed E-state index contributed by atoms with van der Waals surface area (Å²) in [4.78, 5) is 0. The molecule has 0 spiro atoms. The molecule has 7 heteroatoms. The van der Waals surface area contributed by atoms with Crippen LogP contribution in [0, 0.1) is 0 Å². The van der Waals surface area contributed by atoms with Crippen molar-refractivity contribution in [3.05, 3.63) is 0 Å². The van der Waals surface area contributed by atoms with Crippen molar-refractivity contribution in [2.24, 2.45) is 0 Å². The Morgan fingerprint density at radius 1 is 0.789 bits per heavy atom. The zero-order valence-electron chi connectivity index (χ0n) is 11.4. The molecule has 0 aromatic carbocycles. The Kier molecular flexibility index (Phi) is 27.3. The molecule has 0 saturated heterocycles. The second-order valence-electron chi connectivity index (χ2n) is 3.61. The van der Waals surface area contributed by atoms with Gasteiger partial charge in [0, 0.05) is 8.77 Å². The second kappa shape index (κ2) is 21.0. The molecule has 0 unspecified atom stereocenters. The largest absolute Gasteiger partial charge is 2.00 e. The van der Waals surface area contributed by atoms with Crippen LogP contribution >= 0.6 is 24.4 Å². The molecule has 2 nitrogen and oxygen atoms in total. The van der Waals surface area contributed by atoms with E-state index >= 15 is 0 Å². The van der Waals surface area contributed by atoms with Crippen molar-refractivity contribution in [3.8, 4) is 0 Å². The van der Waals surface area contributed by atoms with Crippen LogP contribution in [0.3, 0.4) is 0 Å². The average molecular weight is 385 g/mol. The molecule has 0 rings (SSSR count). The van der Waals surface area contributed by atoms with Gasteiger partial charge in [0.2, 0.25) is 0 Å². The molecule has 0 aliphatic heterocycles. The van der Waals surface area contributed by atoms with Gasteiger partial charge in [-0.3, -0.25) is 0 Å². The first-order valence-corrected chi connectivity index (χ1v) is 7.85. The summed E-state index contributed by atoms with van der Waals surface area (Å²) in [7, 11) is 0. The Morgan fingerprint density at radius 3 is 1.32 bits per heavy atom. The van der Waals surface area contributed by atoms with Gasteiger partial charge in [-0.2, -0.15) is 0 Å². The molecule has 116 valence electrons. The third kappa shape index (κ3) is 32.3. The van der Waals surface area contributed by atoms with E-state index in [2.05, 4.69) is 63.5 Å². The smallest absolute Gasteiger partial charge is 0.514 e. The molecule has 0 amide bonds. The Bertz CT molecular complexity index is 194. The van der Waals surface area contributed by atoms with Gasteiger partial charge in [0.05, 0.1) is 13.2 Å². The van der Waals surface area contributed by atoms with Crippen molar-refractivity contribution in [2.45, 2.75) is 52.4 Å². The summed E-state index contributed by atoms with van der Waals surface area (Å²) in [6.45, 7) is 5.67. The van der Waals surface area contributed by atoms with Crippen LogP contribution in [-0.4, -0.2) is 22.0 Å². The van der Waals surface area contributed by atoms with Gasteiger partial charge in [-0.05, 0) is 12.8 Å². The van der Waals surface area contributed by atoms with Crippen molar-refractivity contribution in [1.29, 1.82) is 0 Å². The van der Waals surface area contributed by atoms with E-state index in [1.54, 1.807) is 0 Å². The molecular weight excluding hydrogens is 363 g/mol. The van der Waals surface area contributed by atoms with Crippen molar-refractivity contribution in [1.82, 2.24) is 0 Å². The fourth-order valence-electron chi connectivity index (χ4n) is 1.02. The molecule has 0 saturated carbocycles. The molecule has 0 N–H and O–H groups in total. The van der Waals surface area contributed by atoms with E-state index in [1.165, 1.54) is 25.7 Å². The molecule has 19 heavy (non-hydrogen) atoms. The van der Waals surface area contributed by atoms with Crippen LogP contribution < -0.4 is 0 Å². The number of hydrogen-bond donors (Lipinski definition) is 0. The molecule has 0 radical (unpaired) electrons. The fraction of sp³-hybridized carbons (Fsp3) is 0.833. The zero-order valence-corrected chi connectivity index (χ0v) is 15.7. The Morgan fingerprint density at radius 2 is 1.11 bits per heavy atom. The summed E-state index contributed by atoms with van der Waals surface area (Å²) in [5.41, 5.74) is 0. The van der Waals surface area contributed by atoms with E-state index < -0.39 is 0 Å². The summed E-state index contributed by atoms with van der Waals surface area (Å²) >= 11 is 18.2. The maximum Gasteiger partial charge on any atom is 2.00 e. The van der Waals surface area contributed by atoms with Crippen LogP contribution in [0.25, 0.3) is 0 Å². The first kappa shape index (κ1) is 24.7. The summed E-state index contributed by atoms with van der Waals surface area (Å²) in [5, 5.41) is 0. The van der Waals surface area contributed by atoms with Gasteiger partial charge in [0.25, 0.3) is 0 Å². The van der Waals surface area contributed by atoms with E-state index in [-0.39, 0.29) is 25.3 Å². The van der Waals surface area contributed by atoms with Crippen molar-refractivity contribution in [2.75, 3.05) is 13.2 Å². The molecule has 0 heterocycles. The molecule has 0 aliphatic rings. The number of ether oxygens (including phenoxy) is 2. The van der Waals surface area contributed by atoms with Crippen LogP contribution in [0.2, 0.25) is 0 Å². The number of unbranched alkanes of at least 4 members (excludes halogenated alkanes) is 4. The van der Waals surface area contributed by atoms with E-state index in [0.29, 0.717) is 13.2 Å². The van der Waals surface area contributed by atoms with Crippen LogP contribution in [0.15, 0.2) is 0 Å². The minimum atomic E-state index is 0. The van der Waals surface area contributed by atoms with E-state index in [4.69, 9.17) is 9.47 Å². The van der Waals surface area contributed by atoms with Crippen LogP contribution in [0.5, 0.6) is 0 Å². The maximum atomic E-state index is 4.89. The predicted molar refractivity (Wildman–Crippen MR) is 90.9 cm³/mol. The van der Waals surface area contributed by atoms with Gasteiger partial charge in [-0.25, -0.2) is 0 Å². The molecular formula is C12H22NiO2S4. The van der Waals surface area contributed by atoms with E-state index in [1.807, 2.05) is 0 Å². The van der Waals surface area contributed by atoms with Gasteiger partial charge in [0.1, 0.15) is 0 Å². The Hall–Kier alpha value is 0.714. The van der Waals surface area contributed by atoms with Gasteiger partial charge in [-0.15, -0.1) is 0 Å². The summed E-state index contributed by atoms with van der Waals surface area (Å²) in [6.07, 6.45) is 6.91. The third-order valence-corrected chi connectivity index (χ3v) is 2.41. The normalized spacial score (nSPS) is 8.53. The van der Waals surface area contributed by atoms with Gasteiger partial charge in [0.15, 0.2) is 0 Å².